The lowest BCUT2D eigenvalue weighted by atomic mass is 9.98. The van der Waals surface area contributed by atoms with E-state index in [4.69, 9.17) is 9.15 Å². The number of rotatable bonds is 20. The molecule has 1 heterocycles. The van der Waals surface area contributed by atoms with Crippen molar-refractivity contribution in [3.05, 3.63) is 89.2 Å². The van der Waals surface area contributed by atoms with E-state index >= 15 is 0 Å². The fourth-order valence-corrected chi connectivity index (χ4v) is 6.73. The van der Waals surface area contributed by atoms with E-state index in [0.29, 0.717) is 45.4 Å². The summed E-state index contributed by atoms with van der Waals surface area (Å²) in [5.74, 6) is -0.839. The van der Waals surface area contributed by atoms with Gasteiger partial charge in [0.1, 0.15) is 22.8 Å². The first kappa shape index (κ1) is 40.4. The molecule has 0 atom stereocenters. The number of unbranched alkanes of at least 4 members (excludes halogenated alkanes) is 3. The molecular formula is C39H47F3N2O7S. The van der Waals surface area contributed by atoms with Gasteiger partial charge in [-0.2, -0.15) is 0 Å². The number of anilines is 1. The molecule has 13 heteroatoms. The van der Waals surface area contributed by atoms with E-state index in [1.807, 2.05) is 6.92 Å². The standard InChI is InChI=1S/C39H47F3N2O7S/c1-5-8-12-35-36(37(45)28-13-18-31(19-14-28)49-26-11-25-43(23-9-6-2)24-10-7-3)33-27-30(17-22-34(33)50-35)44(52(4,47)48)38(46)29-15-20-32(21-16-29)51-39(40,41)42/h13-22,27H,5-12,23-26H2,1-4H3. The third-order valence-corrected chi connectivity index (χ3v) is 9.51. The second-order valence-electron chi connectivity index (χ2n) is 12.7. The highest BCUT2D eigenvalue weighted by molar-refractivity contribution is 7.92. The van der Waals surface area contributed by atoms with Crippen molar-refractivity contribution in [2.24, 2.45) is 0 Å². The fraction of sp³-hybridized carbons (Fsp3) is 0.436. The van der Waals surface area contributed by atoms with Gasteiger partial charge in [-0.05, 0) is 106 Å². The Morgan fingerprint density at radius 2 is 1.35 bits per heavy atom. The first-order valence-corrected chi connectivity index (χ1v) is 19.6. The van der Waals surface area contributed by atoms with Gasteiger partial charge in [-0.25, -0.2) is 12.7 Å². The molecule has 0 saturated heterocycles. The Balaban J connectivity index is 1.59. The molecule has 1 amide bonds. The molecule has 0 spiro atoms. The molecule has 4 rings (SSSR count). The number of sulfonamides is 1. The predicted molar refractivity (Wildman–Crippen MR) is 196 cm³/mol. The topological polar surface area (TPSA) is 106 Å². The van der Waals surface area contributed by atoms with Crippen LogP contribution in [0.25, 0.3) is 11.0 Å². The number of ether oxygens (including phenoxy) is 2. The van der Waals surface area contributed by atoms with Crippen molar-refractivity contribution in [1.29, 1.82) is 0 Å². The number of carbonyl (C=O) groups excluding carboxylic acids is 2. The maximum absolute atomic E-state index is 14.1. The lowest BCUT2D eigenvalue weighted by Crippen LogP contribution is -2.36. The Kier molecular flexibility index (Phi) is 14.3. The van der Waals surface area contributed by atoms with Crippen LogP contribution in [0.3, 0.4) is 0 Å². The zero-order valence-corrected chi connectivity index (χ0v) is 30.9. The highest BCUT2D eigenvalue weighted by Gasteiger charge is 2.32. The lowest BCUT2D eigenvalue weighted by molar-refractivity contribution is -0.274. The molecule has 3 aromatic carbocycles. The molecule has 282 valence electrons. The molecule has 0 radical (unpaired) electrons. The Labute approximate surface area is 303 Å². The van der Waals surface area contributed by atoms with E-state index in [2.05, 4.69) is 23.5 Å². The summed E-state index contributed by atoms with van der Waals surface area (Å²) in [4.78, 5) is 30.1. The third-order valence-electron chi connectivity index (χ3n) is 8.47. The maximum Gasteiger partial charge on any atom is 0.573 e. The van der Waals surface area contributed by atoms with E-state index in [-0.39, 0.29) is 22.6 Å². The maximum atomic E-state index is 14.1. The third kappa shape index (κ3) is 11.1. The summed E-state index contributed by atoms with van der Waals surface area (Å²) < 4.78 is 80.4. The average Bonchev–Trinajstić information content (AvgIpc) is 3.46. The quantitative estimate of drug-likeness (QED) is 0.0652. The molecule has 9 nitrogen and oxygen atoms in total. The van der Waals surface area contributed by atoms with Crippen LogP contribution in [-0.4, -0.2) is 63.9 Å². The summed E-state index contributed by atoms with van der Waals surface area (Å²) in [7, 11) is -4.25. The first-order valence-electron chi connectivity index (χ1n) is 17.7. The molecule has 4 aromatic rings. The minimum Gasteiger partial charge on any atom is -0.494 e. The Hall–Kier alpha value is -4.36. The average molecular weight is 745 g/mol. The van der Waals surface area contributed by atoms with Crippen molar-refractivity contribution in [2.75, 3.05) is 36.8 Å². The second kappa shape index (κ2) is 18.4. The van der Waals surface area contributed by atoms with Gasteiger partial charge < -0.3 is 18.8 Å². The smallest absolute Gasteiger partial charge is 0.494 e. The number of ketones is 1. The molecule has 0 aliphatic rings. The lowest BCUT2D eigenvalue weighted by Gasteiger charge is -2.21. The highest BCUT2D eigenvalue weighted by atomic mass is 32.2. The normalized spacial score (nSPS) is 12.0. The summed E-state index contributed by atoms with van der Waals surface area (Å²) in [6, 6.07) is 15.0. The Morgan fingerprint density at radius 3 is 1.92 bits per heavy atom. The van der Waals surface area contributed by atoms with Crippen molar-refractivity contribution in [3.63, 3.8) is 0 Å². The first-order chi connectivity index (χ1) is 24.7. The molecule has 0 fully saturated rings. The number of carbonyl (C=O) groups is 2. The van der Waals surface area contributed by atoms with Crippen LogP contribution in [0.1, 0.15) is 97.8 Å². The van der Waals surface area contributed by atoms with Gasteiger partial charge in [0.25, 0.3) is 5.91 Å². The summed E-state index contributed by atoms with van der Waals surface area (Å²) >= 11 is 0. The molecule has 1 aromatic heterocycles. The number of hydrogen-bond acceptors (Lipinski definition) is 8. The van der Waals surface area contributed by atoms with Crippen LogP contribution in [0.15, 0.2) is 71.1 Å². The number of furan rings is 1. The molecule has 0 saturated carbocycles. The van der Waals surface area contributed by atoms with E-state index in [0.717, 1.165) is 82.3 Å². The zero-order chi connectivity index (χ0) is 37.9. The van der Waals surface area contributed by atoms with E-state index in [9.17, 15) is 31.2 Å². The van der Waals surface area contributed by atoms with Gasteiger partial charge in [0.2, 0.25) is 10.0 Å². The zero-order valence-electron chi connectivity index (χ0n) is 30.1. The van der Waals surface area contributed by atoms with E-state index in [1.165, 1.54) is 31.0 Å². The molecule has 0 bridgehead atoms. The number of fused-ring (bicyclic) bond motifs is 1. The molecule has 0 aliphatic carbocycles. The fourth-order valence-electron chi connectivity index (χ4n) is 5.82. The minimum absolute atomic E-state index is 0.0702. The Bertz CT molecular complexity index is 1880. The molecule has 52 heavy (non-hydrogen) atoms. The molecule has 0 N–H and O–H groups in total. The number of nitrogens with zero attached hydrogens (tertiary/aromatic N) is 2. The summed E-state index contributed by atoms with van der Waals surface area (Å²) in [5, 5.41) is 0.319. The van der Waals surface area contributed by atoms with Gasteiger partial charge in [0.05, 0.1) is 24.1 Å². The number of aryl methyl sites for hydroxylation is 1. The van der Waals surface area contributed by atoms with Crippen LogP contribution in [0.5, 0.6) is 11.5 Å². The SMILES string of the molecule is CCCCc1oc2ccc(N(C(=O)c3ccc(OC(F)(F)F)cc3)S(C)(=O)=O)cc2c1C(=O)c1ccc(OCCCN(CCCC)CCCC)cc1. The van der Waals surface area contributed by atoms with Gasteiger partial charge in [-0.15, -0.1) is 13.2 Å². The second-order valence-corrected chi connectivity index (χ2v) is 14.5. The monoisotopic (exact) mass is 744 g/mol. The van der Waals surface area contributed by atoms with Crippen molar-refractivity contribution >= 4 is 38.4 Å². The number of alkyl halides is 3. The molecular weight excluding hydrogens is 697 g/mol. The number of amides is 1. The van der Waals surface area contributed by atoms with Crippen LogP contribution in [0, 0.1) is 0 Å². The van der Waals surface area contributed by atoms with Crippen LogP contribution in [0.4, 0.5) is 18.9 Å². The van der Waals surface area contributed by atoms with E-state index < -0.39 is 28.0 Å². The summed E-state index contributed by atoms with van der Waals surface area (Å²) in [5.41, 5.74) is 0.701. The Morgan fingerprint density at radius 1 is 0.769 bits per heavy atom. The van der Waals surface area contributed by atoms with Crippen LogP contribution >= 0.6 is 0 Å². The van der Waals surface area contributed by atoms with Crippen LogP contribution < -0.4 is 13.8 Å². The van der Waals surface area contributed by atoms with Crippen molar-refractivity contribution < 1.29 is 45.1 Å². The number of halogens is 3. The largest absolute Gasteiger partial charge is 0.573 e. The number of benzene rings is 3. The minimum atomic E-state index is -4.94. The highest BCUT2D eigenvalue weighted by Crippen LogP contribution is 2.34. The van der Waals surface area contributed by atoms with Gasteiger partial charge in [-0.3, -0.25) is 9.59 Å². The van der Waals surface area contributed by atoms with Gasteiger partial charge in [0.15, 0.2) is 5.78 Å². The molecule has 0 aliphatic heterocycles. The molecule has 0 unspecified atom stereocenters. The predicted octanol–water partition coefficient (Wildman–Crippen LogP) is 9.18. The van der Waals surface area contributed by atoms with Gasteiger partial charge in [0, 0.05) is 29.5 Å². The van der Waals surface area contributed by atoms with E-state index in [1.54, 1.807) is 24.3 Å². The van der Waals surface area contributed by atoms with Gasteiger partial charge in [-0.1, -0.05) is 40.0 Å². The summed E-state index contributed by atoms with van der Waals surface area (Å²) in [6.07, 6.45) is 3.45. The summed E-state index contributed by atoms with van der Waals surface area (Å²) in [6.45, 7) is 10.1. The van der Waals surface area contributed by atoms with Crippen LogP contribution in [-0.2, 0) is 16.4 Å². The van der Waals surface area contributed by atoms with Crippen molar-refractivity contribution in [2.45, 2.75) is 78.5 Å². The van der Waals surface area contributed by atoms with Crippen LogP contribution in [0.2, 0.25) is 0 Å². The van der Waals surface area contributed by atoms with Crippen molar-refractivity contribution in [3.8, 4) is 11.5 Å². The number of hydrogen-bond donors (Lipinski definition) is 0. The van der Waals surface area contributed by atoms with Crippen molar-refractivity contribution in [1.82, 2.24) is 4.90 Å². The van der Waals surface area contributed by atoms with Gasteiger partial charge >= 0.3 is 6.36 Å².